The van der Waals surface area contributed by atoms with Crippen LogP contribution in [0.2, 0.25) is 0 Å². The van der Waals surface area contributed by atoms with Gasteiger partial charge < -0.3 is 10.2 Å². The maximum atomic E-state index is 13.0. The number of benzene rings is 1. The molecule has 2 saturated heterocycles. The van der Waals surface area contributed by atoms with E-state index in [1.54, 1.807) is 22.0 Å². The minimum absolute atomic E-state index is 0.158. The molecule has 0 radical (unpaired) electrons. The molecule has 156 valence electrons. The van der Waals surface area contributed by atoms with Gasteiger partial charge in [0.25, 0.3) is 5.91 Å². The molecule has 2 fully saturated rings. The van der Waals surface area contributed by atoms with Gasteiger partial charge in [-0.1, -0.05) is 12.1 Å². The van der Waals surface area contributed by atoms with Gasteiger partial charge in [0, 0.05) is 45.2 Å². The summed E-state index contributed by atoms with van der Waals surface area (Å²) in [4.78, 5) is 42.7. The summed E-state index contributed by atoms with van der Waals surface area (Å²) in [5.41, 5.74) is 2.27. The van der Waals surface area contributed by atoms with Gasteiger partial charge in [0.2, 0.25) is 11.8 Å². The van der Waals surface area contributed by atoms with E-state index in [4.69, 9.17) is 0 Å². The second-order valence-corrected chi connectivity index (χ2v) is 8.09. The van der Waals surface area contributed by atoms with Gasteiger partial charge in [-0.2, -0.15) is 5.10 Å². The van der Waals surface area contributed by atoms with Crippen molar-refractivity contribution in [2.24, 2.45) is 7.05 Å². The van der Waals surface area contributed by atoms with Crippen molar-refractivity contribution in [3.05, 3.63) is 47.0 Å². The summed E-state index contributed by atoms with van der Waals surface area (Å²) in [6, 6.07) is 5.07. The third-order valence-corrected chi connectivity index (χ3v) is 6.29. The molecule has 0 bridgehead atoms. The van der Waals surface area contributed by atoms with Crippen molar-refractivity contribution < 1.29 is 14.4 Å². The number of piperidine rings is 1. The summed E-state index contributed by atoms with van der Waals surface area (Å²) >= 11 is 0. The van der Waals surface area contributed by atoms with Crippen LogP contribution in [0.5, 0.6) is 0 Å². The molecule has 3 aliphatic heterocycles. The lowest BCUT2D eigenvalue weighted by molar-refractivity contribution is -0.136. The standard InChI is InChI=1S/C20H23N7O3/c1-26-19(22-11-24-26)20(9-21-10-20)23-7-12-3-2-4-13-14(12)8-27(18(13)30)15-5-6-16(28)25-17(15)29/h2-4,11,15,21,23H,5-10H2,1H3,(H,25,28,29). The Balaban J connectivity index is 1.36. The van der Waals surface area contributed by atoms with E-state index in [1.807, 2.05) is 19.2 Å². The first-order chi connectivity index (χ1) is 14.5. The number of carbonyl (C=O) groups is 3. The van der Waals surface area contributed by atoms with Gasteiger partial charge >= 0.3 is 0 Å². The molecule has 1 unspecified atom stereocenters. The predicted molar refractivity (Wildman–Crippen MR) is 105 cm³/mol. The summed E-state index contributed by atoms with van der Waals surface area (Å²) in [5.74, 6) is 0.0343. The zero-order valence-electron chi connectivity index (χ0n) is 16.6. The Morgan fingerprint density at radius 2 is 2.10 bits per heavy atom. The highest BCUT2D eigenvalue weighted by atomic mass is 16.2. The lowest BCUT2D eigenvalue weighted by Gasteiger charge is -2.42. The second-order valence-electron chi connectivity index (χ2n) is 8.09. The zero-order valence-corrected chi connectivity index (χ0v) is 16.6. The van der Waals surface area contributed by atoms with Crippen molar-refractivity contribution in [3.63, 3.8) is 0 Å². The highest BCUT2D eigenvalue weighted by Gasteiger charge is 2.43. The highest BCUT2D eigenvalue weighted by Crippen LogP contribution is 2.31. The molecule has 2 aromatic rings. The van der Waals surface area contributed by atoms with E-state index in [0.29, 0.717) is 25.1 Å². The van der Waals surface area contributed by atoms with Crippen LogP contribution in [0.4, 0.5) is 0 Å². The third-order valence-electron chi connectivity index (χ3n) is 6.29. The van der Waals surface area contributed by atoms with Gasteiger partial charge in [0.05, 0.1) is 0 Å². The molecule has 3 N–H and O–H groups in total. The molecule has 4 heterocycles. The minimum atomic E-state index is -0.607. The van der Waals surface area contributed by atoms with Gasteiger partial charge in [-0.15, -0.1) is 0 Å². The van der Waals surface area contributed by atoms with Crippen LogP contribution in [0.15, 0.2) is 24.5 Å². The summed E-state index contributed by atoms with van der Waals surface area (Å²) in [6.45, 7) is 2.42. The number of nitrogens with one attached hydrogen (secondary N) is 3. The van der Waals surface area contributed by atoms with Crippen molar-refractivity contribution in [1.82, 2.24) is 35.6 Å². The number of fused-ring (bicyclic) bond motifs is 1. The van der Waals surface area contributed by atoms with Crippen molar-refractivity contribution in [3.8, 4) is 0 Å². The smallest absolute Gasteiger partial charge is 0.255 e. The SMILES string of the molecule is Cn1ncnc1C1(NCc2cccc3c2CN(C2CCC(=O)NC2=O)C3=O)CNC1. The van der Waals surface area contributed by atoms with E-state index < -0.39 is 11.9 Å². The number of aryl methyl sites for hydroxylation is 1. The summed E-state index contributed by atoms with van der Waals surface area (Å²) < 4.78 is 1.78. The summed E-state index contributed by atoms with van der Waals surface area (Å²) in [6.07, 6.45) is 2.16. The maximum absolute atomic E-state index is 13.0. The van der Waals surface area contributed by atoms with Crippen LogP contribution >= 0.6 is 0 Å². The van der Waals surface area contributed by atoms with Gasteiger partial charge in [-0.25, -0.2) is 4.98 Å². The Labute approximate surface area is 173 Å². The molecule has 10 heteroatoms. The molecule has 1 aromatic carbocycles. The Bertz CT molecular complexity index is 1040. The minimum Gasteiger partial charge on any atom is -0.322 e. The van der Waals surface area contributed by atoms with E-state index >= 15 is 0 Å². The van der Waals surface area contributed by atoms with Gasteiger partial charge in [0.1, 0.15) is 23.7 Å². The van der Waals surface area contributed by atoms with Crippen molar-refractivity contribution in [2.75, 3.05) is 13.1 Å². The fraction of sp³-hybridized carbons (Fsp3) is 0.450. The van der Waals surface area contributed by atoms with Gasteiger partial charge in [0.15, 0.2) is 0 Å². The summed E-state index contributed by atoms with van der Waals surface area (Å²) in [5, 5.41) is 13.4. The Morgan fingerprint density at radius 1 is 1.27 bits per heavy atom. The van der Waals surface area contributed by atoms with Crippen molar-refractivity contribution in [2.45, 2.75) is 37.5 Å². The molecule has 3 amide bonds. The zero-order chi connectivity index (χ0) is 20.9. The molecule has 30 heavy (non-hydrogen) atoms. The van der Waals surface area contributed by atoms with E-state index in [-0.39, 0.29) is 23.8 Å². The maximum Gasteiger partial charge on any atom is 0.255 e. The Hall–Kier alpha value is -3.11. The average Bonchev–Trinajstić information content (AvgIpc) is 3.26. The Kier molecular flexibility index (Phi) is 4.40. The molecule has 0 aliphatic carbocycles. The Morgan fingerprint density at radius 3 is 2.77 bits per heavy atom. The molecule has 1 aromatic heterocycles. The molecule has 10 nitrogen and oxygen atoms in total. The monoisotopic (exact) mass is 409 g/mol. The molecule has 0 spiro atoms. The van der Waals surface area contributed by atoms with Crippen LogP contribution in [-0.4, -0.2) is 56.5 Å². The second kappa shape index (κ2) is 6.99. The first-order valence-electron chi connectivity index (χ1n) is 10.0. The first kappa shape index (κ1) is 18.9. The van der Waals surface area contributed by atoms with Gasteiger partial charge in [-0.3, -0.25) is 29.7 Å². The van der Waals surface area contributed by atoms with Crippen LogP contribution in [0.3, 0.4) is 0 Å². The number of imide groups is 1. The van der Waals surface area contributed by atoms with Crippen LogP contribution < -0.4 is 16.0 Å². The van der Waals surface area contributed by atoms with Crippen LogP contribution in [0.25, 0.3) is 0 Å². The lowest BCUT2D eigenvalue weighted by Crippen LogP contribution is -2.65. The summed E-state index contributed by atoms with van der Waals surface area (Å²) in [7, 11) is 1.88. The van der Waals surface area contributed by atoms with Crippen LogP contribution in [-0.2, 0) is 35.3 Å². The van der Waals surface area contributed by atoms with Crippen molar-refractivity contribution >= 4 is 17.7 Å². The normalized spacial score (nSPS) is 22.6. The number of nitrogens with zero attached hydrogens (tertiary/aromatic N) is 4. The fourth-order valence-corrected chi connectivity index (χ4v) is 4.55. The molecule has 5 rings (SSSR count). The number of carbonyl (C=O) groups excluding carboxylic acids is 3. The van der Waals surface area contributed by atoms with Crippen LogP contribution in [0.1, 0.15) is 40.2 Å². The van der Waals surface area contributed by atoms with E-state index in [2.05, 4.69) is 26.0 Å². The predicted octanol–water partition coefficient (Wildman–Crippen LogP) is -0.836. The highest BCUT2D eigenvalue weighted by molar-refractivity contribution is 6.05. The molecule has 0 saturated carbocycles. The third kappa shape index (κ3) is 2.91. The lowest BCUT2D eigenvalue weighted by atomic mass is 9.90. The number of amides is 3. The fourth-order valence-electron chi connectivity index (χ4n) is 4.55. The number of hydrogen-bond acceptors (Lipinski definition) is 7. The number of aromatic nitrogens is 3. The average molecular weight is 409 g/mol. The van der Waals surface area contributed by atoms with Crippen molar-refractivity contribution in [1.29, 1.82) is 0 Å². The van der Waals surface area contributed by atoms with E-state index in [0.717, 1.165) is 30.0 Å². The largest absolute Gasteiger partial charge is 0.322 e. The first-order valence-corrected chi connectivity index (χ1v) is 10.0. The molecular weight excluding hydrogens is 386 g/mol. The number of rotatable bonds is 5. The van der Waals surface area contributed by atoms with Crippen LogP contribution in [0, 0.1) is 0 Å². The number of hydrogen-bond donors (Lipinski definition) is 3. The molecule has 1 atom stereocenters. The molecule has 3 aliphatic rings. The van der Waals surface area contributed by atoms with E-state index in [1.165, 1.54) is 0 Å². The quantitative estimate of drug-likeness (QED) is 0.551. The van der Waals surface area contributed by atoms with E-state index in [9.17, 15) is 14.4 Å². The molecular formula is C20H23N7O3. The van der Waals surface area contributed by atoms with Gasteiger partial charge in [-0.05, 0) is 23.6 Å². The topological polar surface area (TPSA) is 121 Å².